The molecule has 40 nitrogen and oxygen atoms in total. The fraction of sp³-hybridized carbons (Fsp3) is 0.889. The number of aliphatic hydroxyl groups is 9. The van der Waals surface area contributed by atoms with Gasteiger partial charge in [-0.1, -0.05) is 6.92 Å². The first-order valence-corrected chi connectivity index (χ1v) is 34.6. The molecule has 3 fully saturated rings. The molecule has 3 heterocycles. The molecule has 0 saturated carbocycles. The van der Waals surface area contributed by atoms with Crippen LogP contribution >= 0.6 is 0 Å². The van der Waals surface area contributed by atoms with Crippen LogP contribution in [0, 0.1) is 0 Å². The fourth-order valence-corrected chi connectivity index (χ4v) is 10.0. The molecule has 0 aliphatic carbocycles. The highest BCUT2D eigenvalue weighted by atomic mass is 16.7. The molecule has 15 atom stereocenters. The van der Waals surface area contributed by atoms with Crippen molar-refractivity contribution in [3.05, 3.63) is 0 Å². The Morgan fingerprint density at radius 2 is 0.583 bits per heavy atom. The van der Waals surface area contributed by atoms with Gasteiger partial charge in [0, 0.05) is 72.7 Å². The van der Waals surface area contributed by atoms with Gasteiger partial charge in [0.2, 0.25) is 41.4 Å². The van der Waals surface area contributed by atoms with Crippen LogP contribution in [0.1, 0.15) is 59.8 Å². The van der Waals surface area contributed by atoms with E-state index in [0.717, 1.165) is 6.42 Å². The summed E-state index contributed by atoms with van der Waals surface area (Å²) in [6, 6.07) is -3.30. The molecule has 3 saturated heterocycles. The molecule has 0 bridgehead atoms. The van der Waals surface area contributed by atoms with E-state index >= 15 is 0 Å². The fourth-order valence-electron chi connectivity index (χ4n) is 10.0. The molecular formula is C63H115N7O33. The van der Waals surface area contributed by atoms with Gasteiger partial charge in [-0.15, -0.1) is 0 Å². The van der Waals surface area contributed by atoms with Crippen LogP contribution in [0.15, 0.2) is 0 Å². The molecule has 3 aliphatic rings. The minimum Gasteiger partial charge on any atom is -0.394 e. The second kappa shape index (κ2) is 55.6. The van der Waals surface area contributed by atoms with Crippen molar-refractivity contribution < 1.29 is 160 Å². The molecule has 3 rings (SSSR count). The van der Waals surface area contributed by atoms with Crippen LogP contribution in [0.5, 0.6) is 0 Å². The first-order valence-electron chi connectivity index (χ1n) is 34.6. The molecule has 0 spiro atoms. The van der Waals surface area contributed by atoms with E-state index in [1.807, 2.05) is 6.92 Å². The van der Waals surface area contributed by atoms with Crippen molar-refractivity contribution in [2.45, 2.75) is 157 Å². The summed E-state index contributed by atoms with van der Waals surface area (Å²) < 4.78 is 95.8. The number of carbonyl (C=O) groups is 7. The lowest BCUT2D eigenvalue weighted by atomic mass is 9.97. The number of amides is 7. The van der Waals surface area contributed by atoms with Crippen molar-refractivity contribution in [3.8, 4) is 0 Å². The van der Waals surface area contributed by atoms with E-state index in [2.05, 4.69) is 37.2 Å². The van der Waals surface area contributed by atoms with Crippen molar-refractivity contribution >= 4 is 41.4 Å². The molecule has 15 unspecified atom stereocenters. The molecule has 0 aromatic rings. The number of carbonyl (C=O) groups excluding carboxylic acids is 7. The standard InChI is InChI=1S/C63H115N7O33/c1-5-13-87-21-22-88-14-9-50(80)70-63(38-95-15-6-47(77)64-10-18-89-23-26-92-29-32-98-60-51(67-41(2)74)57(84)54(81)44(35-71)101-60,39-96-16-7-48(78)65-11-19-90-24-27-93-30-33-99-61-52(68-42(3)75)58(85)55(82)45(36-72)102-61)40-97-17-8-49(79)66-12-20-91-25-28-94-31-34-100-62-53(69-43(4)76)59(86)56(83)46(37-73)103-62/h44-46,51-62,71-73,81-86H,5-40H2,1-4H3,(H,64,77)(H,65,78)(H,66,79)(H,67,74)(H,68,75)(H,69,76)(H,70,80). The Kier molecular flexibility index (Phi) is 49.9. The van der Waals surface area contributed by atoms with Gasteiger partial charge in [-0.2, -0.15) is 0 Å². The van der Waals surface area contributed by atoms with E-state index in [9.17, 15) is 79.5 Å². The van der Waals surface area contributed by atoms with Gasteiger partial charge in [-0.3, -0.25) is 33.6 Å². The van der Waals surface area contributed by atoms with Crippen LogP contribution in [0.3, 0.4) is 0 Å². The van der Waals surface area contributed by atoms with Crippen LogP contribution in [-0.2, 0) is 114 Å². The molecular weight excluding hydrogens is 1380 g/mol. The van der Waals surface area contributed by atoms with E-state index in [4.69, 9.17) is 80.5 Å². The van der Waals surface area contributed by atoms with Crippen molar-refractivity contribution in [3.63, 3.8) is 0 Å². The molecule has 600 valence electrons. The van der Waals surface area contributed by atoms with Gasteiger partial charge < -0.3 is 164 Å². The topological polar surface area (TPSA) is 543 Å². The quantitative estimate of drug-likeness (QED) is 0.0252. The maximum Gasteiger partial charge on any atom is 0.222 e. The van der Waals surface area contributed by atoms with Crippen LogP contribution in [0.2, 0.25) is 0 Å². The van der Waals surface area contributed by atoms with Crippen LogP contribution in [0.4, 0.5) is 0 Å². The summed E-state index contributed by atoms with van der Waals surface area (Å²) in [5, 5.41) is 109. The number of ether oxygens (including phenoxy) is 17. The molecule has 0 radical (unpaired) electrons. The smallest absolute Gasteiger partial charge is 0.222 e. The first kappa shape index (κ1) is 92.5. The van der Waals surface area contributed by atoms with Gasteiger partial charge >= 0.3 is 0 Å². The maximum atomic E-state index is 13.6. The SMILES string of the molecule is CCCOCCOCCC(=O)NC(COCCC(=O)NCCOCCOCCOC1OC(CO)C(O)C(O)C1NC(C)=O)(COCCC(=O)NCCOCCOCCOC1OC(CO)C(O)C(O)C1NC(C)=O)COCCC(=O)NCCOCCOCCOC1OC(CO)C(O)C(O)C1NC(C)=O. The van der Waals surface area contributed by atoms with E-state index in [1.165, 1.54) is 20.8 Å². The van der Waals surface area contributed by atoms with Crippen molar-refractivity contribution in [1.82, 2.24) is 37.2 Å². The Morgan fingerprint density at radius 3 is 0.864 bits per heavy atom. The second-order valence-corrected chi connectivity index (χ2v) is 23.8. The summed E-state index contributed by atoms with van der Waals surface area (Å²) in [6.07, 6.45) is -15.3. The lowest BCUT2D eigenvalue weighted by Crippen LogP contribution is -2.64. The molecule has 7 amide bonds. The highest BCUT2D eigenvalue weighted by molar-refractivity contribution is 5.78. The van der Waals surface area contributed by atoms with Crippen molar-refractivity contribution in [2.75, 3.05) is 205 Å². The van der Waals surface area contributed by atoms with E-state index in [1.54, 1.807) is 0 Å². The summed E-state index contributed by atoms with van der Waals surface area (Å²) in [6.45, 7) is 5.62. The Hall–Kier alpha value is -4.75. The van der Waals surface area contributed by atoms with Gasteiger partial charge in [0.15, 0.2) is 18.9 Å². The van der Waals surface area contributed by atoms with Crippen LogP contribution in [0.25, 0.3) is 0 Å². The van der Waals surface area contributed by atoms with Gasteiger partial charge in [0.1, 0.15) is 78.6 Å². The monoisotopic (exact) mass is 1500 g/mol. The Labute approximate surface area is 598 Å². The largest absolute Gasteiger partial charge is 0.394 e. The average molecular weight is 1500 g/mol. The Balaban J connectivity index is 1.49. The second-order valence-electron chi connectivity index (χ2n) is 23.8. The van der Waals surface area contributed by atoms with Gasteiger partial charge in [0.05, 0.1) is 178 Å². The third-order valence-corrected chi connectivity index (χ3v) is 15.3. The van der Waals surface area contributed by atoms with Gasteiger partial charge in [-0.05, 0) is 6.42 Å². The van der Waals surface area contributed by atoms with Crippen molar-refractivity contribution in [1.29, 1.82) is 0 Å². The van der Waals surface area contributed by atoms with Gasteiger partial charge in [-0.25, -0.2) is 0 Å². The third-order valence-electron chi connectivity index (χ3n) is 15.3. The minimum absolute atomic E-state index is 0.0306. The van der Waals surface area contributed by atoms with E-state index < -0.39 is 141 Å². The number of hydrogen-bond donors (Lipinski definition) is 16. The zero-order valence-corrected chi connectivity index (χ0v) is 59.4. The summed E-state index contributed by atoms with van der Waals surface area (Å²) in [5.41, 5.74) is -1.44. The molecule has 103 heavy (non-hydrogen) atoms. The predicted octanol–water partition coefficient (Wildman–Crippen LogP) is -8.78. The Bertz CT molecular complexity index is 2100. The highest BCUT2D eigenvalue weighted by Crippen LogP contribution is 2.25. The number of rotatable bonds is 60. The van der Waals surface area contributed by atoms with Crippen LogP contribution in [-0.4, -0.2) is 389 Å². The highest BCUT2D eigenvalue weighted by Gasteiger charge is 2.48. The average Bonchev–Trinajstić information content (AvgIpc) is 0.821. The number of hydrogen-bond acceptors (Lipinski definition) is 33. The normalized spacial score (nSPS) is 25.5. The predicted molar refractivity (Wildman–Crippen MR) is 352 cm³/mol. The summed E-state index contributed by atoms with van der Waals surface area (Å²) >= 11 is 0. The number of aliphatic hydroxyl groups excluding tert-OH is 9. The maximum absolute atomic E-state index is 13.6. The third kappa shape index (κ3) is 39.1. The molecule has 40 heteroatoms. The molecule has 3 aliphatic heterocycles. The molecule has 16 N–H and O–H groups in total. The molecule has 0 aromatic carbocycles. The summed E-state index contributed by atoms with van der Waals surface area (Å²) in [5.74, 6) is -3.11. The van der Waals surface area contributed by atoms with E-state index in [-0.39, 0.29) is 215 Å². The summed E-state index contributed by atoms with van der Waals surface area (Å²) in [4.78, 5) is 87.4. The van der Waals surface area contributed by atoms with Crippen LogP contribution < -0.4 is 37.2 Å². The first-order chi connectivity index (χ1) is 49.6. The van der Waals surface area contributed by atoms with Crippen molar-refractivity contribution in [2.24, 2.45) is 0 Å². The zero-order valence-electron chi connectivity index (χ0n) is 59.4. The lowest BCUT2D eigenvalue weighted by molar-refractivity contribution is -0.272. The van der Waals surface area contributed by atoms with Gasteiger partial charge in [0.25, 0.3) is 0 Å². The summed E-state index contributed by atoms with van der Waals surface area (Å²) in [7, 11) is 0. The minimum atomic E-state index is -1.46. The number of nitrogens with one attached hydrogen (secondary N) is 7. The molecule has 0 aromatic heterocycles. The Morgan fingerprint density at radius 1 is 0.330 bits per heavy atom. The lowest BCUT2D eigenvalue weighted by Gasteiger charge is -2.42. The van der Waals surface area contributed by atoms with E-state index in [0.29, 0.717) is 13.2 Å². The zero-order chi connectivity index (χ0) is 75.6.